The first-order valence-electron chi connectivity index (χ1n) is 7.29. The highest BCUT2D eigenvalue weighted by Crippen LogP contribution is 2.21. The van der Waals surface area contributed by atoms with Crippen LogP contribution in [0.4, 0.5) is 10.2 Å². The second kappa shape index (κ2) is 5.83. The smallest absolute Gasteiger partial charge is 0.194 e. The predicted octanol–water partition coefficient (Wildman–Crippen LogP) is 2.97. The summed E-state index contributed by atoms with van der Waals surface area (Å²) in [5.41, 5.74) is 1.21. The van der Waals surface area contributed by atoms with Crippen LogP contribution >= 0.6 is 0 Å². The number of nitrogens with zero attached hydrogens (tertiary/aromatic N) is 3. The van der Waals surface area contributed by atoms with Crippen LogP contribution in [0.15, 0.2) is 47.4 Å². The van der Waals surface area contributed by atoms with E-state index < -0.39 is 0 Å². The zero-order chi connectivity index (χ0) is 16.6. The van der Waals surface area contributed by atoms with Crippen LogP contribution in [0, 0.1) is 12.7 Å². The molecule has 0 spiro atoms. The fourth-order valence-corrected chi connectivity index (χ4v) is 2.51. The van der Waals surface area contributed by atoms with Gasteiger partial charge in [0.25, 0.3) is 0 Å². The maximum atomic E-state index is 14.2. The third-order valence-electron chi connectivity index (χ3n) is 3.75. The van der Waals surface area contributed by atoms with Gasteiger partial charge in [-0.3, -0.25) is 9.36 Å². The number of rotatable bonds is 3. The van der Waals surface area contributed by atoms with E-state index in [4.69, 9.17) is 0 Å². The molecule has 0 amide bonds. The number of para-hydroxylation sites is 1. The first kappa shape index (κ1) is 15.2. The summed E-state index contributed by atoms with van der Waals surface area (Å²) in [6.07, 6.45) is 1.96. The standard InChI is InChI=1S/C18H17FN3O/c1-4-12-11-22(15-8-6-5-7-14(15)19)18-13(17(12)23)9-10-16(20-18)21(2)3/h5-11H,1,4H2,2-3H3. The lowest BCUT2D eigenvalue weighted by Gasteiger charge is -2.16. The summed E-state index contributed by atoms with van der Waals surface area (Å²) in [7, 11) is 3.73. The summed E-state index contributed by atoms with van der Waals surface area (Å²) in [6.45, 7) is 3.79. The van der Waals surface area contributed by atoms with Gasteiger partial charge >= 0.3 is 0 Å². The Labute approximate surface area is 133 Å². The van der Waals surface area contributed by atoms with Crippen LogP contribution < -0.4 is 10.3 Å². The molecule has 0 saturated heterocycles. The van der Waals surface area contributed by atoms with E-state index in [1.165, 1.54) is 6.07 Å². The molecule has 3 rings (SSSR count). The van der Waals surface area contributed by atoms with Crippen molar-refractivity contribution in [3.05, 3.63) is 71.1 Å². The Hall–Kier alpha value is -2.69. The zero-order valence-corrected chi connectivity index (χ0v) is 13.1. The Morgan fingerprint density at radius 3 is 2.61 bits per heavy atom. The third-order valence-corrected chi connectivity index (χ3v) is 3.75. The van der Waals surface area contributed by atoms with Gasteiger partial charge in [0.05, 0.1) is 11.1 Å². The van der Waals surface area contributed by atoms with Crippen LogP contribution in [-0.2, 0) is 6.42 Å². The summed E-state index contributed by atoms with van der Waals surface area (Å²) < 4.78 is 15.9. The minimum atomic E-state index is -0.371. The highest BCUT2D eigenvalue weighted by molar-refractivity contribution is 5.79. The van der Waals surface area contributed by atoms with Crippen molar-refractivity contribution in [2.45, 2.75) is 6.42 Å². The van der Waals surface area contributed by atoms with Gasteiger partial charge in [0, 0.05) is 25.9 Å². The van der Waals surface area contributed by atoms with Crippen molar-refractivity contribution in [3.63, 3.8) is 0 Å². The molecule has 2 aromatic heterocycles. The fraction of sp³-hybridized carbons (Fsp3) is 0.167. The Morgan fingerprint density at radius 2 is 1.96 bits per heavy atom. The van der Waals surface area contributed by atoms with Crippen molar-refractivity contribution in [2.24, 2.45) is 0 Å². The molecule has 2 heterocycles. The molecule has 0 aliphatic carbocycles. The third kappa shape index (κ3) is 2.59. The molecule has 1 aromatic carbocycles. The number of fused-ring (bicyclic) bond motifs is 1. The molecular weight excluding hydrogens is 293 g/mol. The van der Waals surface area contributed by atoms with Crippen molar-refractivity contribution < 1.29 is 4.39 Å². The molecule has 0 bridgehead atoms. The summed E-state index contributed by atoms with van der Waals surface area (Å²) in [5.74, 6) is 0.328. The first-order valence-corrected chi connectivity index (χ1v) is 7.29. The van der Waals surface area contributed by atoms with Gasteiger partial charge in [-0.25, -0.2) is 9.37 Å². The molecule has 4 nitrogen and oxygen atoms in total. The molecule has 0 N–H and O–H groups in total. The van der Waals surface area contributed by atoms with Gasteiger partial charge in [0.2, 0.25) is 0 Å². The number of aromatic nitrogens is 2. The van der Waals surface area contributed by atoms with E-state index in [2.05, 4.69) is 11.9 Å². The largest absolute Gasteiger partial charge is 0.363 e. The predicted molar refractivity (Wildman–Crippen MR) is 90.7 cm³/mol. The van der Waals surface area contributed by atoms with E-state index in [0.717, 1.165) is 0 Å². The van der Waals surface area contributed by atoms with E-state index in [0.29, 0.717) is 34.5 Å². The van der Waals surface area contributed by atoms with Gasteiger partial charge in [-0.2, -0.15) is 0 Å². The average molecular weight is 310 g/mol. The van der Waals surface area contributed by atoms with Crippen LogP contribution in [0.2, 0.25) is 0 Å². The molecule has 23 heavy (non-hydrogen) atoms. The fourth-order valence-electron chi connectivity index (χ4n) is 2.51. The maximum absolute atomic E-state index is 14.2. The Morgan fingerprint density at radius 1 is 1.22 bits per heavy atom. The van der Waals surface area contributed by atoms with E-state index in [9.17, 15) is 9.18 Å². The Bertz CT molecular complexity index is 931. The molecule has 0 saturated carbocycles. The van der Waals surface area contributed by atoms with Crippen LogP contribution in [-0.4, -0.2) is 23.6 Å². The van der Waals surface area contributed by atoms with Crippen molar-refractivity contribution in [1.29, 1.82) is 0 Å². The number of anilines is 1. The van der Waals surface area contributed by atoms with Crippen LogP contribution in [0.25, 0.3) is 16.7 Å². The summed E-state index contributed by atoms with van der Waals surface area (Å²) in [6, 6.07) is 9.94. The molecule has 0 aliphatic heterocycles. The lowest BCUT2D eigenvalue weighted by atomic mass is 10.1. The highest BCUT2D eigenvalue weighted by Gasteiger charge is 2.14. The Kier molecular flexibility index (Phi) is 3.86. The number of halogens is 1. The number of benzene rings is 1. The number of pyridine rings is 2. The van der Waals surface area contributed by atoms with Crippen molar-refractivity contribution in [1.82, 2.24) is 9.55 Å². The highest BCUT2D eigenvalue weighted by atomic mass is 19.1. The first-order chi connectivity index (χ1) is 11.0. The van der Waals surface area contributed by atoms with Crippen molar-refractivity contribution in [3.8, 4) is 5.69 Å². The van der Waals surface area contributed by atoms with Crippen LogP contribution in [0.5, 0.6) is 0 Å². The van der Waals surface area contributed by atoms with Gasteiger partial charge in [-0.1, -0.05) is 12.1 Å². The number of hydrogen-bond acceptors (Lipinski definition) is 3. The minimum absolute atomic E-state index is 0.111. The van der Waals surface area contributed by atoms with Gasteiger partial charge in [-0.05, 0) is 37.6 Å². The van der Waals surface area contributed by atoms with Crippen LogP contribution in [0.3, 0.4) is 0 Å². The molecule has 0 fully saturated rings. The molecular formula is C18H17FN3O. The van der Waals surface area contributed by atoms with Crippen LogP contribution in [0.1, 0.15) is 5.56 Å². The second-order valence-corrected chi connectivity index (χ2v) is 5.49. The topological polar surface area (TPSA) is 38.1 Å². The average Bonchev–Trinajstić information content (AvgIpc) is 2.56. The van der Waals surface area contributed by atoms with Gasteiger partial charge in [-0.15, -0.1) is 0 Å². The molecule has 117 valence electrons. The summed E-state index contributed by atoms with van der Waals surface area (Å²) in [5, 5.41) is 0.458. The van der Waals surface area contributed by atoms with E-state index in [-0.39, 0.29) is 11.2 Å². The molecule has 1 radical (unpaired) electrons. The molecule has 0 unspecified atom stereocenters. The lowest BCUT2D eigenvalue weighted by molar-refractivity contribution is 0.619. The van der Waals surface area contributed by atoms with Gasteiger partial charge < -0.3 is 4.90 Å². The number of hydrogen-bond donors (Lipinski definition) is 0. The SMILES string of the molecule is [CH2]Cc1cn(-c2ccccc2F)c2nc(N(C)C)ccc2c1=O. The van der Waals surface area contributed by atoms with Crippen molar-refractivity contribution in [2.75, 3.05) is 19.0 Å². The van der Waals surface area contributed by atoms with E-state index in [1.807, 2.05) is 19.0 Å². The van der Waals surface area contributed by atoms with E-state index >= 15 is 0 Å². The lowest BCUT2D eigenvalue weighted by Crippen LogP contribution is -2.17. The Balaban J connectivity index is 2.43. The monoisotopic (exact) mass is 310 g/mol. The van der Waals surface area contributed by atoms with E-state index in [1.54, 1.807) is 41.1 Å². The normalized spacial score (nSPS) is 11.0. The molecule has 3 aromatic rings. The van der Waals surface area contributed by atoms with Gasteiger partial charge in [0.1, 0.15) is 11.6 Å². The van der Waals surface area contributed by atoms with Crippen molar-refractivity contribution >= 4 is 16.9 Å². The zero-order valence-electron chi connectivity index (χ0n) is 13.1. The summed E-state index contributed by atoms with van der Waals surface area (Å²) in [4.78, 5) is 18.9. The molecule has 5 heteroatoms. The van der Waals surface area contributed by atoms with Gasteiger partial charge in [0.15, 0.2) is 11.1 Å². The quantitative estimate of drug-likeness (QED) is 0.746. The maximum Gasteiger partial charge on any atom is 0.194 e. The minimum Gasteiger partial charge on any atom is -0.363 e. The summed E-state index contributed by atoms with van der Waals surface area (Å²) >= 11 is 0. The molecule has 0 aliphatic rings. The molecule has 0 atom stereocenters. The second-order valence-electron chi connectivity index (χ2n) is 5.49.